The fraction of sp³-hybridized carbons (Fsp3) is 0.571. The number of ether oxygens (including phenoxy) is 1. The number of carbonyl (C=O) groups excluding carboxylic acids is 1. The lowest BCUT2D eigenvalue weighted by Crippen LogP contribution is -2.08. The molecule has 1 heterocycles. The van der Waals surface area contributed by atoms with E-state index in [4.69, 9.17) is 16.3 Å². The summed E-state index contributed by atoms with van der Waals surface area (Å²) in [7, 11) is 0. The normalized spacial score (nSPS) is 10.7. The number of carbonyl (C=O) groups is 1. The van der Waals surface area contributed by atoms with Crippen molar-refractivity contribution >= 4 is 17.6 Å². The van der Waals surface area contributed by atoms with Crippen LogP contribution in [0, 0.1) is 0 Å². The summed E-state index contributed by atoms with van der Waals surface area (Å²) >= 11 is 5.90. The molecule has 3 nitrogen and oxygen atoms in total. The summed E-state index contributed by atoms with van der Waals surface area (Å²) in [6, 6.07) is 3.30. The van der Waals surface area contributed by atoms with Gasteiger partial charge in [0.2, 0.25) is 0 Å². The van der Waals surface area contributed by atoms with E-state index in [1.807, 2.05) is 13.8 Å². The molecule has 0 saturated carbocycles. The number of nitrogens with zero attached hydrogens (tertiary/aromatic N) is 1. The van der Waals surface area contributed by atoms with Crippen LogP contribution in [0.2, 0.25) is 5.15 Å². The predicted molar refractivity (Wildman–Crippen MR) is 73.1 cm³/mol. The Bertz CT molecular complexity index is 405. The van der Waals surface area contributed by atoms with E-state index in [0.29, 0.717) is 17.3 Å². The molecular formula is C14H20ClNO2. The van der Waals surface area contributed by atoms with Crippen LogP contribution in [0.5, 0.6) is 0 Å². The molecule has 4 heteroatoms. The first-order chi connectivity index (χ1) is 8.54. The molecule has 0 fully saturated rings. The maximum Gasteiger partial charge on any atom is 0.338 e. The van der Waals surface area contributed by atoms with Crippen molar-refractivity contribution < 1.29 is 9.53 Å². The molecule has 0 atom stereocenters. The lowest BCUT2D eigenvalue weighted by Gasteiger charge is -2.08. The molecule has 1 aromatic heterocycles. The van der Waals surface area contributed by atoms with Gasteiger partial charge in [-0.25, -0.2) is 9.78 Å². The quantitative estimate of drug-likeness (QED) is 0.441. The van der Waals surface area contributed by atoms with Crippen LogP contribution in [0.15, 0.2) is 12.1 Å². The number of halogens is 1. The summed E-state index contributed by atoms with van der Waals surface area (Å²) in [4.78, 5) is 16.0. The molecule has 1 aromatic rings. The van der Waals surface area contributed by atoms with Crippen molar-refractivity contribution in [2.45, 2.75) is 46.0 Å². The number of hydrogen-bond donors (Lipinski definition) is 0. The van der Waals surface area contributed by atoms with Crippen molar-refractivity contribution in [2.24, 2.45) is 0 Å². The van der Waals surface area contributed by atoms with Gasteiger partial charge in [0.25, 0.3) is 0 Å². The van der Waals surface area contributed by atoms with Crippen LogP contribution in [0.4, 0.5) is 0 Å². The highest BCUT2D eigenvalue weighted by Gasteiger charge is 2.12. The Labute approximate surface area is 114 Å². The maximum absolute atomic E-state index is 11.8. The molecular weight excluding hydrogens is 250 g/mol. The van der Waals surface area contributed by atoms with Gasteiger partial charge >= 0.3 is 5.97 Å². The lowest BCUT2D eigenvalue weighted by molar-refractivity contribution is 0.0498. The first kappa shape index (κ1) is 15.0. The van der Waals surface area contributed by atoms with Gasteiger partial charge in [0.05, 0.1) is 12.2 Å². The molecule has 0 unspecified atom stereocenters. The molecule has 0 spiro atoms. The summed E-state index contributed by atoms with van der Waals surface area (Å²) in [6.45, 7) is 6.59. The van der Waals surface area contributed by atoms with Gasteiger partial charge in [-0.3, -0.25) is 0 Å². The Hall–Kier alpha value is -1.09. The zero-order chi connectivity index (χ0) is 13.5. The monoisotopic (exact) mass is 269 g/mol. The van der Waals surface area contributed by atoms with Crippen LogP contribution in [-0.2, 0) is 4.74 Å². The van der Waals surface area contributed by atoms with Crippen molar-refractivity contribution in [3.63, 3.8) is 0 Å². The molecule has 0 aliphatic heterocycles. The third-order valence-electron chi connectivity index (χ3n) is 2.62. The largest absolute Gasteiger partial charge is 0.462 e. The first-order valence-corrected chi connectivity index (χ1v) is 6.77. The third-order valence-corrected chi connectivity index (χ3v) is 2.82. The van der Waals surface area contributed by atoms with Gasteiger partial charge in [0.1, 0.15) is 5.15 Å². The minimum atomic E-state index is -0.322. The van der Waals surface area contributed by atoms with Crippen molar-refractivity contribution in [3.8, 4) is 0 Å². The Morgan fingerprint density at radius 2 is 2.11 bits per heavy atom. The van der Waals surface area contributed by atoms with Crippen LogP contribution in [0.25, 0.3) is 0 Å². The van der Waals surface area contributed by atoms with E-state index in [9.17, 15) is 4.79 Å². The molecule has 0 saturated heterocycles. The van der Waals surface area contributed by atoms with Crippen molar-refractivity contribution in [1.82, 2.24) is 4.98 Å². The summed E-state index contributed by atoms with van der Waals surface area (Å²) in [5, 5.41) is 0.335. The number of pyridine rings is 1. The Morgan fingerprint density at radius 3 is 2.72 bits per heavy atom. The van der Waals surface area contributed by atoms with Gasteiger partial charge in [-0.2, -0.15) is 0 Å². The zero-order valence-corrected chi connectivity index (χ0v) is 12.0. The van der Waals surface area contributed by atoms with Gasteiger partial charge in [-0.15, -0.1) is 0 Å². The molecule has 0 aliphatic carbocycles. The number of rotatable bonds is 6. The molecule has 18 heavy (non-hydrogen) atoms. The second kappa shape index (κ2) is 7.37. The first-order valence-electron chi connectivity index (χ1n) is 6.39. The Kier molecular flexibility index (Phi) is 6.13. The van der Waals surface area contributed by atoms with Gasteiger partial charge < -0.3 is 4.74 Å². The Morgan fingerprint density at radius 1 is 1.39 bits per heavy atom. The van der Waals surface area contributed by atoms with E-state index in [2.05, 4.69) is 11.9 Å². The predicted octanol–water partition coefficient (Wildman–Crippen LogP) is 4.21. The second-order valence-corrected chi connectivity index (χ2v) is 4.99. The number of esters is 1. The van der Waals surface area contributed by atoms with Crippen molar-refractivity contribution in [2.75, 3.05) is 6.61 Å². The fourth-order valence-electron chi connectivity index (χ4n) is 1.53. The molecule has 0 bridgehead atoms. The highest BCUT2D eigenvalue weighted by molar-refractivity contribution is 6.29. The molecule has 0 aromatic carbocycles. The van der Waals surface area contributed by atoms with Crippen LogP contribution >= 0.6 is 11.6 Å². The third kappa shape index (κ3) is 4.65. The smallest absolute Gasteiger partial charge is 0.338 e. The number of unbranched alkanes of at least 4 members (excludes halogenated alkanes) is 2. The van der Waals surface area contributed by atoms with Crippen LogP contribution < -0.4 is 0 Å². The Balaban J connectivity index is 2.67. The van der Waals surface area contributed by atoms with Crippen molar-refractivity contribution in [1.29, 1.82) is 0 Å². The van der Waals surface area contributed by atoms with Gasteiger partial charge in [-0.05, 0) is 24.5 Å². The van der Waals surface area contributed by atoms with Crippen LogP contribution in [-0.4, -0.2) is 17.6 Å². The summed E-state index contributed by atoms with van der Waals surface area (Å²) in [5.41, 5.74) is 1.29. The summed E-state index contributed by atoms with van der Waals surface area (Å²) in [5.74, 6) is -0.0901. The number of hydrogen-bond acceptors (Lipinski definition) is 3. The molecule has 0 amide bonds. The standard InChI is InChI=1S/C14H20ClNO2/c1-4-5-6-7-18-14(17)11-8-12(10(2)3)16-13(15)9-11/h8-10H,4-7H2,1-3H3. The summed E-state index contributed by atoms with van der Waals surface area (Å²) in [6.07, 6.45) is 3.08. The molecule has 100 valence electrons. The van der Waals surface area contributed by atoms with E-state index in [0.717, 1.165) is 25.0 Å². The average Bonchev–Trinajstić information content (AvgIpc) is 2.33. The van der Waals surface area contributed by atoms with E-state index < -0.39 is 0 Å². The molecule has 1 rings (SSSR count). The van der Waals surface area contributed by atoms with E-state index >= 15 is 0 Å². The highest BCUT2D eigenvalue weighted by Crippen LogP contribution is 2.18. The lowest BCUT2D eigenvalue weighted by atomic mass is 10.1. The second-order valence-electron chi connectivity index (χ2n) is 4.60. The SMILES string of the molecule is CCCCCOC(=O)c1cc(Cl)nc(C(C)C)c1. The van der Waals surface area contributed by atoms with Crippen LogP contribution in [0.1, 0.15) is 62.0 Å². The zero-order valence-electron chi connectivity index (χ0n) is 11.2. The van der Waals surface area contributed by atoms with E-state index in [-0.39, 0.29) is 11.9 Å². The molecule has 0 N–H and O–H groups in total. The van der Waals surface area contributed by atoms with Crippen molar-refractivity contribution in [3.05, 3.63) is 28.5 Å². The van der Waals surface area contributed by atoms with E-state index in [1.54, 1.807) is 12.1 Å². The molecule has 0 radical (unpaired) electrons. The minimum absolute atomic E-state index is 0.232. The topological polar surface area (TPSA) is 39.2 Å². The average molecular weight is 270 g/mol. The highest BCUT2D eigenvalue weighted by atomic mass is 35.5. The fourth-order valence-corrected chi connectivity index (χ4v) is 1.75. The van der Waals surface area contributed by atoms with E-state index in [1.165, 1.54) is 0 Å². The summed E-state index contributed by atoms with van der Waals surface area (Å²) < 4.78 is 5.19. The van der Waals surface area contributed by atoms with Gasteiger partial charge in [0.15, 0.2) is 0 Å². The van der Waals surface area contributed by atoms with Crippen LogP contribution in [0.3, 0.4) is 0 Å². The number of aromatic nitrogens is 1. The van der Waals surface area contributed by atoms with Gasteiger partial charge in [-0.1, -0.05) is 45.2 Å². The maximum atomic E-state index is 11.8. The van der Waals surface area contributed by atoms with Gasteiger partial charge in [0, 0.05) is 5.69 Å². The molecule has 0 aliphatic rings. The minimum Gasteiger partial charge on any atom is -0.462 e.